The Morgan fingerprint density at radius 3 is 2.59 bits per heavy atom. The van der Waals surface area contributed by atoms with Crippen LogP contribution >= 0.6 is 11.6 Å². The van der Waals surface area contributed by atoms with Gasteiger partial charge >= 0.3 is 6.18 Å². The minimum Gasteiger partial charge on any atom is -0.484 e. The number of anilines is 2. The van der Waals surface area contributed by atoms with Crippen LogP contribution in [0.3, 0.4) is 0 Å². The first-order valence-corrected chi connectivity index (χ1v) is 9.34. The van der Waals surface area contributed by atoms with Crippen LogP contribution in [0.15, 0.2) is 36.4 Å². The Balaban J connectivity index is 1.75. The summed E-state index contributed by atoms with van der Waals surface area (Å²) in [5.74, 6) is -0.120. The number of ether oxygens (including phenoxy) is 2. The van der Waals surface area contributed by atoms with Gasteiger partial charge in [0.2, 0.25) is 0 Å². The Hall–Kier alpha value is -2.45. The number of benzene rings is 2. The van der Waals surface area contributed by atoms with E-state index in [0.717, 1.165) is 17.7 Å². The smallest absolute Gasteiger partial charge is 0.416 e. The number of carbonyl (C=O) groups is 1. The van der Waals surface area contributed by atoms with Crippen LogP contribution in [-0.4, -0.2) is 38.8 Å². The molecule has 0 atom stereocenters. The molecule has 2 aromatic carbocycles. The van der Waals surface area contributed by atoms with Crippen molar-refractivity contribution in [2.45, 2.75) is 13.1 Å². The van der Waals surface area contributed by atoms with Gasteiger partial charge in [0.1, 0.15) is 5.75 Å². The van der Waals surface area contributed by atoms with Gasteiger partial charge in [-0.15, -0.1) is 0 Å². The summed E-state index contributed by atoms with van der Waals surface area (Å²) < 4.78 is 50.1. The molecule has 0 aromatic heterocycles. The Kier molecular flexibility index (Phi) is 6.54. The Morgan fingerprint density at radius 1 is 1.21 bits per heavy atom. The third-order valence-electron chi connectivity index (χ3n) is 4.45. The summed E-state index contributed by atoms with van der Waals surface area (Å²) in [6.45, 7) is 3.43. The number of hydrogen-bond acceptors (Lipinski definition) is 4. The van der Waals surface area contributed by atoms with Crippen molar-refractivity contribution in [2.24, 2.45) is 0 Å². The normalized spacial score (nSPS) is 14.6. The highest BCUT2D eigenvalue weighted by molar-refractivity contribution is 6.31. The SMILES string of the molecule is Cc1cc(OCC(=O)Nc2cc(C(F)(F)F)ccc2N2CCOCC2)ccc1Cl. The lowest BCUT2D eigenvalue weighted by molar-refractivity contribution is -0.137. The second kappa shape index (κ2) is 8.92. The number of nitrogens with one attached hydrogen (secondary N) is 1. The Morgan fingerprint density at radius 2 is 1.93 bits per heavy atom. The predicted octanol–water partition coefficient (Wildman–Crippen LogP) is 4.52. The average Bonchev–Trinajstić information content (AvgIpc) is 2.69. The first-order valence-electron chi connectivity index (χ1n) is 8.97. The fourth-order valence-electron chi connectivity index (χ4n) is 2.93. The maximum atomic E-state index is 13.1. The average molecular weight is 429 g/mol. The Bertz CT molecular complexity index is 884. The van der Waals surface area contributed by atoms with Crippen LogP contribution < -0.4 is 15.0 Å². The van der Waals surface area contributed by atoms with Gasteiger partial charge in [-0.3, -0.25) is 4.79 Å². The molecule has 1 N–H and O–H groups in total. The number of nitrogens with zero attached hydrogens (tertiary/aromatic N) is 1. The van der Waals surface area contributed by atoms with E-state index >= 15 is 0 Å². The summed E-state index contributed by atoms with van der Waals surface area (Å²) in [4.78, 5) is 14.2. The molecule has 5 nitrogen and oxygen atoms in total. The van der Waals surface area contributed by atoms with E-state index in [-0.39, 0.29) is 12.3 Å². The van der Waals surface area contributed by atoms with E-state index in [2.05, 4.69) is 5.32 Å². The molecule has 0 bridgehead atoms. The van der Waals surface area contributed by atoms with Crippen molar-refractivity contribution in [2.75, 3.05) is 43.1 Å². The highest BCUT2D eigenvalue weighted by atomic mass is 35.5. The molecule has 156 valence electrons. The summed E-state index contributed by atoms with van der Waals surface area (Å²) in [7, 11) is 0. The van der Waals surface area contributed by atoms with E-state index < -0.39 is 17.6 Å². The highest BCUT2D eigenvalue weighted by Crippen LogP contribution is 2.35. The van der Waals surface area contributed by atoms with Crippen LogP contribution in [0, 0.1) is 6.92 Å². The van der Waals surface area contributed by atoms with E-state index in [9.17, 15) is 18.0 Å². The van der Waals surface area contributed by atoms with Crippen molar-refractivity contribution in [1.82, 2.24) is 0 Å². The van der Waals surface area contributed by atoms with E-state index in [1.54, 1.807) is 25.1 Å². The Labute approximate surface area is 171 Å². The number of morpholine rings is 1. The monoisotopic (exact) mass is 428 g/mol. The van der Waals surface area contributed by atoms with Crippen molar-refractivity contribution in [3.8, 4) is 5.75 Å². The molecule has 0 aliphatic carbocycles. The molecule has 29 heavy (non-hydrogen) atoms. The van der Waals surface area contributed by atoms with Gasteiger partial charge in [-0.05, 0) is 48.9 Å². The quantitative estimate of drug-likeness (QED) is 0.760. The molecule has 1 saturated heterocycles. The molecular weight excluding hydrogens is 409 g/mol. The first-order chi connectivity index (χ1) is 13.7. The number of alkyl halides is 3. The van der Waals surface area contributed by atoms with Crippen LogP contribution in [0.5, 0.6) is 5.75 Å². The topological polar surface area (TPSA) is 50.8 Å². The van der Waals surface area contributed by atoms with Gasteiger partial charge in [0.25, 0.3) is 5.91 Å². The van der Waals surface area contributed by atoms with Gasteiger partial charge in [0.05, 0.1) is 30.2 Å². The third-order valence-corrected chi connectivity index (χ3v) is 4.87. The van der Waals surface area contributed by atoms with Crippen molar-refractivity contribution in [3.05, 3.63) is 52.5 Å². The summed E-state index contributed by atoms with van der Waals surface area (Å²) in [6, 6.07) is 8.26. The van der Waals surface area contributed by atoms with Crippen molar-refractivity contribution in [1.29, 1.82) is 0 Å². The summed E-state index contributed by atoms with van der Waals surface area (Å²) >= 11 is 5.95. The molecule has 9 heteroatoms. The number of carbonyl (C=O) groups excluding carboxylic acids is 1. The molecule has 0 unspecified atom stereocenters. The van der Waals surface area contributed by atoms with Crippen LogP contribution in [0.2, 0.25) is 5.02 Å². The molecule has 0 spiro atoms. The van der Waals surface area contributed by atoms with E-state index in [1.165, 1.54) is 6.07 Å². The summed E-state index contributed by atoms with van der Waals surface area (Å²) in [6.07, 6.45) is -4.51. The van der Waals surface area contributed by atoms with Crippen LogP contribution in [0.1, 0.15) is 11.1 Å². The standard InChI is InChI=1S/C20H20ClF3N2O3/c1-13-10-15(3-4-16(13)21)29-12-19(27)25-17-11-14(20(22,23)24)2-5-18(17)26-6-8-28-9-7-26/h2-5,10-11H,6-9,12H2,1H3,(H,25,27). The molecular formula is C20H20ClF3N2O3. The zero-order valence-electron chi connectivity index (χ0n) is 15.7. The predicted molar refractivity (Wildman–Crippen MR) is 105 cm³/mol. The zero-order chi connectivity index (χ0) is 21.0. The maximum absolute atomic E-state index is 13.1. The van der Waals surface area contributed by atoms with Crippen molar-refractivity contribution >= 4 is 28.9 Å². The fraction of sp³-hybridized carbons (Fsp3) is 0.350. The van der Waals surface area contributed by atoms with Gasteiger partial charge in [0, 0.05) is 18.1 Å². The van der Waals surface area contributed by atoms with Crippen LogP contribution in [0.25, 0.3) is 0 Å². The fourth-order valence-corrected chi connectivity index (χ4v) is 3.05. The molecule has 1 fully saturated rings. The largest absolute Gasteiger partial charge is 0.484 e. The minimum absolute atomic E-state index is 0.0858. The number of halogens is 4. The van der Waals surface area contributed by atoms with Crippen LogP contribution in [-0.2, 0) is 15.7 Å². The second-order valence-corrected chi connectivity index (χ2v) is 6.98. The van der Waals surface area contributed by atoms with Crippen LogP contribution in [0.4, 0.5) is 24.5 Å². The molecule has 3 rings (SSSR count). The zero-order valence-corrected chi connectivity index (χ0v) is 16.4. The molecule has 0 radical (unpaired) electrons. The molecule has 2 aromatic rings. The lowest BCUT2D eigenvalue weighted by Gasteiger charge is -2.31. The minimum atomic E-state index is -4.51. The molecule has 0 saturated carbocycles. The summed E-state index contributed by atoms with van der Waals surface area (Å²) in [5, 5.41) is 3.11. The van der Waals surface area contributed by atoms with Crippen molar-refractivity contribution < 1.29 is 27.4 Å². The second-order valence-electron chi connectivity index (χ2n) is 6.58. The van der Waals surface area contributed by atoms with Gasteiger partial charge in [-0.25, -0.2) is 0 Å². The number of rotatable bonds is 5. The molecule has 1 heterocycles. The summed E-state index contributed by atoms with van der Waals surface area (Å²) in [5.41, 5.74) is 0.552. The van der Waals surface area contributed by atoms with Gasteiger partial charge in [0.15, 0.2) is 6.61 Å². The van der Waals surface area contributed by atoms with E-state index in [1.807, 2.05) is 4.90 Å². The lowest BCUT2D eigenvalue weighted by atomic mass is 10.1. The number of amides is 1. The molecule has 1 aliphatic heterocycles. The van der Waals surface area contributed by atoms with Crippen molar-refractivity contribution in [3.63, 3.8) is 0 Å². The lowest BCUT2D eigenvalue weighted by Crippen LogP contribution is -2.37. The molecule has 1 amide bonds. The highest BCUT2D eigenvalue weighted by Gasteiger charge is 2.32. The molecule has 1 aliphatic rings. The van der Waals surface area contributed by atoms with E-state index in [4.69, 9.17) is 21.1 Å². The van der Waals surface area contributed by atoms with Gasteiger partial charge in [-0.2, -0.15) is 13.2 Å². The first kappa shape index (κ1) is 21.3. The van der Waals surface area contributed by atoms with Gasteiger partial charge < -0.3 is 19.7 Å². The van der Waals surface area contributed by atoms with Gasteiger partial charge in [-0.1, -0.05) is 11.6 Å². The maximum Gasteiger partial charge on any atom is 0.416 e. The third kappa shape index (κ3) is 5.55. The number of hydrogen-bond donors (Lipinski definition) is 1. The number of aryl methyl sites for hydroxylation is 1. The van der Waals surface area contributed by atoms with E-state index in [0.29, 0.717) is 42.8 Å².